The minimum atomic E-state index is -0.952. The van der Waals surface area contributed by atoms with E-state index in [1.54, 1.807) is 23.7 Å². The summed E-state index contributed by atoms with van der Waals surface area (Å²) in [6.45, 7) is 5.41. The van der Waals surface area contributed by atoms with Crippen molar-refractivity contribution in [2.24, 2.45) is 7.05 Å². The number of benzene rings is 3. The Morgan fingerprint density at radius 1 is 1.06 bits per heavy atom. The summed E-state index contributed by atoms with van der Waals surface area (Å²) in [6, 6.07) is 19.2. The number of fused-ring (bicyclic) bond motifs is 2. The van der Waals surface area contributed by atoms with Crippen LogP contribution in [0.25, 0.3) is 10.9 Å². The molecule has 0 saturated heterocycles. The van der Waals surface area contributed by atoms with Crippen molar-refractivity contribution in [3.8, 4) is 0 Å². The zero-order chi connectivity index (χ0) is 24.0. The lowest BCUT2D eigenvalue weighted by Crippen LogP contribution is -2.28. The van der Waals surface area contributed by atoms with Crippen molar-refractivity contribution in [3.05, 3.63) is 98.8 Å². The number of thioether (sulfide) groups is 1. The summed E-state index contributed by atoms with van der Waals surface area (Å²) in [7, 11) is 1.77. The third-order valence-electron chi connectivity index (χ3n) is 6.31. The van der Waals surface area contributed by atoms with E-state index in [4.69, 9.17) is 4.98 Å². The number of hydrogen-bond donors (Lipinski definition) is 1. The molecule has 0 saturated carbocycles. The molecular formula is C27H25N3O3S. The van der Waals surface area contributed by atoms with Crippen molar-refractivity contribution < 1.29 is 9.90 Å². The maximum atomic E-state index is 13.4. The van der Waals surface area contributed by atoms with E-state index >= 15 is 0 Å². The monoisotopic (exact) mass is 471 g/mol. The topological polar surface area (TPSA) is 75.4 Å². The molecule has 1 aliphatic heterocycles. The number of hydrogen-bond acceptors (Lipinski definition) is 5. The van der Waals surface area contributed by atoms with Crippen LogP contribution in [0.3, 0.4) is 0 Å². The van der Waals surface area contributed by atoms with Crippen LogP contribution >= 0.6 is 11.8 Å². The Kier molecular flexibility index (Phi) is 5.65. The molecule has 1 N–H and O–H groups in total. The fraction of sp³-hybridized carbons (Fsp3) is 0.222. The second-order valence-corrected chi connectivity index (χ2v) is 10.1. The Labute approximate surface area is 201 Å². The van der Waals surface area contributed by atoms with Crippen LogP contribution in [0.4, 0.5) is 5.95 Å². The summed E-state index contributed by atoms with van der Waals surface area (Å²) in [6.07, 6.45) is 0. The second-order valence-electron chi connectivity index (χ2n) is 8.71. The van der Waals surface area contributed by atoms with Gasteiger partial charge in [0.1, 0.15) is 0 Å². The molecule has 1 aromatic heterocycles. The van der Waals surface area contributed by atoms with Gasteiger partial charge < -0.3 is 10.0 Å². The Morgan fingerprint density at radius 3 is 2.38 bits per heavy atom. The maximum Gasteiger partial charge on any atom is 0.336 e. The van der Waals surface area contributed by atoms with Crippen molar-refractivity contribution in [2.75, 3.05) is 4.90 Å². The normalized spacial score (nSPS) is 13.8. The Hall–Kier alpha value is -3.58. The average Bonchev–Trinajstić information content (AvgIpc) is 3.25. The van der Waals surface area contributed by atoms with E-state index in [0.29, 0.717) is 34.8 Å². The van der Waals surface area contributed by atoms with Crippen LogP contribution in [0, 0.1) is 6.92 Å². The quantitative estimate of drug-likeness (QED) is 0.398. The molecule has 1 atom stereocenters. The summed E-state index contributed by atoms with van der Waals surface area (Å²) in [5.74, 6) is -0.311. The van der Waals surface area contributed by atoms with Gasteiger partial charge in [0.25, 0.3) is 5.56 Å². The number of carboxylic acid groups (broad SMARTS) is 1. The molecule has 0 aliphatic carbocycles. The Morgan fingerprint density at radius 2 is 1.71 bits per heavy atom. The van der Waals surface area contributed by atoms with Crippen molar-refractivity contribution >= 4 is 34.6 Å². The van der Waals surface area contributed by atoms with Gasteiger partial charge in [0.15, 0.2) is 0 Å². The molecule has 172 valence electrons. The van der Waals surface area contributed by atoms with E-state index in [9.17, 15) is 14.7 Å². The first kappa shape index (κ1) is 22.2. The van der Waals surface area contributed by atoms with E-state index < -0.39 is 5.97 Å². The van der Waals surface area contributed by atoms with Gasteiger partial charge in [-0.2, -0.15) is 0 Å². The van der Waals surface area contributed by atoms with Crippen molar-refractivity contribution in [2.45, 2.75) is 37.1 Å². The summed E-state index contributed by atoms with van der Waals surface area (Å²) >= 11 is 1.47. The SMILES string of the molecule is Cc1cc(C(C)Sc2ccccc2C(=O)O)c2nc(N3Cc4ccccc4C3)n(C)c(=O)c2c1. The van der Waals surface area contributed by atoms with Gasteiger partial charge in [-0.25, -0.2) is 9.78 Å². The number of anilines is 1. The Bertz CT molecular complexity index is 1470. The minimum Gasteiger partial charge on any atom is -0.478 e. The number of aryl methyl sites for hydroxylation is 1. The molecule has 34 heavy (non-hydrogen) atoms. The number of carbonyl (C=O) groups is 1. The van der Waals surface area contributed by atoms with Gasteiger partial charge in [0.05, 0.1) is 16.5 Å². The molecule has 3 aromatic carbocycles. The van der Waals surface area contributed by atoms with E-state index in [2.05, 4.69) is 23.1 Å². The second kappa shape index (κ2) is 8.65. The first-order chi connectivity index (χ1) is 16.3. The smallest absolute Gasteiger partial charge is 0.336 e. The van der Waals surface area contributed by atoms with Gasteiger partial charge in [-0.05, 0) is 54.3 Å². The first-order valence-electron chi connectivity index (χ1n) is 11.2. The molecule has 7 heteroatoms. The molecule has 4 aromatic rings. The number of carboxylic acids is 1. The van der Waals surface area contributed by atoms with E-state index in [1.165, 1.54) is 22.9 Å². The third kappa shape index (κ3) is 3.86. The largest absolute Gasteiger partial charge is 0.478 e. The summed E-state index contributed by atoms with van der Waals surface area (Å²) < 4.78 is 1.63. The first-order valence-corrected chi connectivity index (χ1v) is 12.0. The highest BCUT2D eigenvalue weighted by atomic mass is 32.2. The van der Waals surface area contributed by atoms with Gasteiger partial charge in [-0.15, -0.1) is 11.8 Å². The van der Waals surface area contributed by atoms with Crippen LogP contribution in [-0.4, -0.2) is 20.6 Å². The van der Waals surface area contributed by atoms with Crippen LogP contribution in [0.1, 0.15) is 44.8 Å². The highest BCUT2D eigenvalue weighted by Crippen LogP contribution is 2.39. The number of aromatic nitrogens is 2. The lowest BCUT2D eigenvalue weighted by Gasteiger charge is -2.22. The summed E-state index contributed by atoms with van der Waals surface area (Å²) in [4.78, 5) is 33.0. The van der Waals surface area contributed by atoms with Crippen LogP contribution in [0.5, 0.6) is 0 Å². The molecule has 2 heterocycles. The van der Waals surface area contributed by atoms with Crippen LogP contribution in [0.2, 0.25) is 0 Å². The van der Waals surface area contributed by atoms with Gasteiger partial charge in [-0.3, -0.25) is 9.36 Å². The molecule has 5 rings (SSSR count). The lowest BCUT2D eigenvalue weighted by molar-refractivity contribution is 0.0693. The van der Waals surface area contributed by atoms with Crippen LogP contribution in [0.15, 0.2) is 70.4 Å². The molecule has 0 spiro atoms. The van der Waals surface area contributed by atoms with Gasteiger partial charge in [0.2, 0.25) is 5.95 Å². The molecule has 1 unspecified atom stereocenters. The predicted octanol–water partition coefficient (Wildman–Crippen LogP) is 5.31. The molecule has 0 amide bonds. The zero-order valence-electron chi connectivity index (χ0n) is 19.3. The average molecular weight is 472 g/mol. The summed E-state index contributed by atoms with van der Waals surface area (Å²) in [5.41, 5.74) is 5.26. The lowest BCUT2D eigenvalue weighted by atomic mass is 10.0. The molecule has 0 radical (unpaired) electrons. The zero-order valence-corrected chi connectivity index (χ0v) is 20.1. The van der Waals surface area contributed by atoms with Crippen LogP contribution < -0.4 is 10.5 Å². The number of rotatable bonds is 5. The van der Waals surface area contributed by atoms with E-state index in [0.717, 1.165) is 11.1 Å². The molecular weight excluding hydrogens is 446 g/mol. The molecule has 0 fully saturated rings. The van der Waals surface area contributed by atoms with E-state index in [-0.39, 0.29) is 16.4 Å². The van der Waals surface area contributed by atoms with Crippen molar-refractivity contribution in [1.29, 1.82) is 0 Å². The highest BCUT2D eigenvalue weighted by molar-refractivity contribution is 7.99. The minimum absolute atomic E-state index is 0.0796. The van der Waals surface area contributed by atoms with Crippen molar-refractivity contribution in [3.63, 3.8) is 0 Å². The van der Waals surface area contributed by atoms with E-state index in [1.807, 2.05) is 44.2 Å². The highest BCUT2D eigenvalue weighted by Gasteiger charge is 2.25. The molecule has 1 aliphatic rings. The predicted molar refractivity (Wildman–Crippen MR) is 136 cm³/mol. The van der Waals surface area contributed by atoms with Gasteiger partial charge >= 0.3 is 5.97 Å². The molecule has 6 nitrogen and oxygen atoms in total. The standard InChI is InChI=1S/C27H25N3O3S/c1-16-12-21(17(2)34-23-11-7-6-10-20(23)26(32)33)24-22(13-16)25(31)29(3)27(28-24)30-14-18-8-4-5-9-19(18)15-30/h4-13,17H,14-15H2,1-3H3,(H,32,33). The van der Waals surface area contributed by atoms with Crippen LogP contribution in [-0.2, 0) is 20.1 Å². The summed E-state index contributed by atoms with van der Waals surface area (Å²) in [5, 5.41) is 10.1. The number of aromatic carboxylic acids is 1. The third-order valence-corrected chi connectivity index (χ3v) is 7.53. The molecule has 0 bridgehead atoms. The van der Waals surface area contributed by atoms with Gasteiger partial charge in [-0.1, -0.05) is 42.5 Å². The Balaban J connectivity index is 1.60. The van der Waals surface area contributed by atoms with Crippen molar-refractivity contribution in [1.82, 2.24) is 9.55 Å². The number of nitrogens with zero attached hydrogens (tertiary/aromatic N) is 3. The maximum absolute atomic E-state index is 13.4. The van der Waals surface area contributed by atoms with Gasteiger partial charge in [0, 0.05) is 30.3 Å². The fourth-order valence-corrected chi connectivity index (χ4v) is 5.74. The fourth-order valence-electron chi connectivity index (χ4n) is 4.61.